The minimum atomic E-state index is -0.352. The second-order valence-corrected chi connectivity index (χ2v) is 6.80. The highest BCUT2D eigenvalue weighted by atomic mass is 32.1. The molecular formula is C18H20N2O2S. The summed E-state index contributed by atoms with van der Waals surface area (Å²) >= 11 is 1.58. The van der Waals surface area contributed by atoms with E-state index >= 15 is 0 Å². The summed E-state index contributed by atoms with van der Waals surface area (Å²) in [7, 11) is 0. The summed E-state index contributed by atoms with van der Waals surface area (Å²) in [6.07, 6.45) is 3.51. The standard InChI is InChI=1S/C18H20N2O2S/c19-10-13-9-16(23-12-13)11-20-14-5-7-15(8-6-14)22-18-4-2-1-3-17(18)21/h5-9,12,17-18,20-21H,1-4,11H2. The molecule has 0 saturated heterocycles. The van der Waals surface area contributed by atoms with Crippen LogP contribution in [0.2, 0.25) is 0 Å². The highest BCUT2D eigenvalue weighted by Crippen LogP contribution is 2.25. The van der Waals surface area contributed by atoms with Crippen molar-refractivity contribution < 1.29 is 9.84 Å². The van der Waals surface area contributed by atoms with Gasteiger partial charge in [0.25, 0.3) is 0 Å². The summed E-state index contributed by atoms with van der Waals surface area (Å²) in [5.41, 5.74) is 1.72. The third-order valence-corrected chi connectivity index (χ3v) is 5.00. The van der Waals surface area contributed by atoms with E-state index in [0.717, 1.165) is 42.0 Å². The van der Waals surface area contributed by atoms with Crippen LogP contribution in [0.4, 0.5) is 5.69 Å². The number of rotatable bonds is 5. The first kappa shape index (κ1) is 15.9. The Morgan fingerprint density at radius 1 is 1.26 bits per heavy atom. The number of aliphatic hydroxyl groups excluding tert-OH is 1. The van der Waals surface area contributed by atoms with Crippen molar-refractivity contribution >= 4 is 17.0 Å². The molecule has 1 aliphatic rings. The summed E-state index contributed by atoms with van der Waals surface area (Å²) < 4.78 is 5.89. The quantitative estimate of drug-likeness (QED) is 0.873. The van der Waals surface area contributed by atoms with Crippen molar-refractivity contribution in [3.8, 4) is 11.8 Å². The van der Waals surface area contributed by atoms with E-state index in [-0.39, 0.29) is 12.2 Å². The number of hydrogen-bond donors (Lipinski definition) is 2. The van der Waals surface area contributed by atoms with Crippen molar-refractivity contribution in [1.29, 1.82) is 5.26 Å². The van der Waals surface area contributed by atoms with Crippen LogP contribution in [0.25, 0.3) is 0 Å². The molecule has 1 aromatic heterocycles. The minimum Gasteiger partial charge on any atom is -0.488 e. The van der Waals surface area contributed by atoms with E-state index in [2.05, 4.69) is 11.4 Å². The van der Waals surface area contributed by atoms with Crippen LogP contribution in [-0.2, 0) is 6.54 Å². The molecule has 0 amide bonds. The zero-order chi connectivity index (χ0) is 16.1. The summed E-state index contributed by atoms with van der Waals surface area (Å²) in [4.78, 5) is 1.13. The van der Waals surface area contributed by atoms with Gasteiger partial charge in [0.15, 0.2) is 0 Å². The summed E-state index contributed by atoms with van der Waals surface area (Å²) in [5.74, 6) is 0.796. The molecule has 4 nitrogen and oxygen atoms in total. The Balaban J connectivity index is 1.53. The number of anilines is 1. The van der Waals surface area contributed by atoms with Gasteiger partial charge in [-0.05, 0) is 49.6 Å². The zero-order valence-electron chi connectivity index (χ0n) is 12.9. The molecule has 23 heavy (non-hydrogen) atoms. The predicted octanol–water partition coefficient (Wildman–Crippen LogP) is 3.91. The van der Waals surface area contributed by atoms with Crippen LogP contribution in [0.5, 0.6) is 5.75 Å². The van der Waals surface area contributed by atoms with Crippen LogP contribution in [-0.4, -0.2) is 17.3 Å². The molecule has 1 aromatic carbocycles. The lowest BCUT2D eigenvalue weighted by Gasteiger charge is -2.28. The zero-order valence-corrected chi connectivity index (χ0v) is 13.7. The van der Waals surface area contributed by atoms with E-state index in [9.17, 15) is 5.11 Å². The number of thiophene rings is 1. The number of nitrogens with one attached hydrogen (secondary N) is 1. The Bertz CT molecular complexity index is 675. The molecule has 120 valence electrons. The molecule has 0 aliphatic heterocycles. The summed E-state index contributed by atoms with van der Waals surface area (Å²) in [6.45, 7) is 0.702. The molecular weight excluding hydrogens is 308 g/mol. The van der Waals surface area contributed by atoms with E-state index in [1.54, 1.807) is 11.3 Å². The first-order valence-electron chi connectivity index (χ1n) is 7.91. The van der Waals surface area contributed by atoms with Crippen LogP contribution < -0.4 is 10.1 Å². The molecule has 0 radical (unpaired) electrons. The normalized spacial score (nSPS) is 20.7. The Morgan fingerprint density at radius 2 is 2.04 bits per heavy atom. The van der Waals surface area contributed by atoms with Gasteiger partial charge in [-0.1, -0.05) is 6.42 Å². The molecule has 1 fully saturated rings. The van der Waals surface area contributed by atoms with E-state index in [4.69, 9.17) is 10.00 Å². The largest absolute Gasteiger partial charge is 0.488 e. The molecule has 1 saturated carbocycles. The summed E-state index contributed by atoms with van der Waals surface area (Å²) in [6, 6.07) is 11.9. The van der Waals surface area contributed by atoms with Crippen LogP contribution in [0.1, 0.15) is 36.1 Å². The minimum absolute atomic E-state index is 0.0851. The van der Waals surface area contributed by atoms with Gasteiger partial charge in [-0.15, -0.1) is 11.3 Å². The van der Waals surface area contributed by atoms with Gasteiger partial charge >= 0.3 is 0 Å². The predicted molar refractivity (Wildman–Crippen MR) is 91.7 cm³/mol. The lowest BCUT2D eigenvalue weighted by atomic mass is 9.95. The maximum atomic E-state index is 9.96. The molecule has 1 aliphatic carbocycles. The molecule has 5 heteroatoms. The third-order valence-electron chi connectivity index (χ3n) is 4.06. The van der Waals surface area contributed by atoms with Crippen molar-refractivity contribution in [2.75, 3.05) is 5.32 Å². The highest BCUT2D eigenvalue weighted by molar-refractivity contribution is 7.10. The Hall–Kier alpha value is -2.03. The number of benzene rings is 1. The van der Waals surface area contributed by atoms with Gasteiger partial charge in [0, 0.05) is 22.5 Å². The second kappa shape index (κ2) is 7.49. The van der Waals surface area contributed by atoms with E-state index < -0.39 is 0 Å². The Morgan fingerprint density at radius 3 is 2.74 bits per heavy atom. The average Bonchev–Trinajstić information content (AvgIpc) is 3.04. The van der Waals surface area contributed by atoms with Gasteiger partial charge in [-0.25, -0.2) is 0 Å². The van der Waals surface area contributed by atoms with Crippen molar-refractivity contribution in [2.24, 2.45) is 0 Å². The molecule has 2 aromatic rings. The van der Waals surface area contributed by atoms with Gasteiger partial charge in [-0.2, -0.15) is 5.26 Å². The lowest BCUT2D eigenvalue weighted by Crippen LogP contribution is -2.34. The number of nitriles is 1. The molecule has 0 bridgehead atoms. The van der Waals surface area contributed by atoms with Crippen LogP contribution >= 0.6 is 11.3 Å². The van der Waals surface area contributed by atoms with E-state index in [0.29, 0.717) is 12.1 Å². The maximum Gasteiger partial charge on any atom is 0.124 e. The number of hydrogen-bond acceptors (Lipinski definition) is 5. The van der Waals surface area contributed by atoms with Crippen LogP contribution in [0, 0.1) is 11.3 Å². The Kier molecular flexibility index (Phi) is 5.16. The van der Waals surface area contributed by atoms with Crippen LogP contribution in [0.3, 0.4) is 0 Å². The van der Waals surface area contributed by atoms with Gasteiger partial charge in [0.2, 0.25) is 0 Å². The third kappa shape index (κ3) is 4.25. The Labute approximate surface area is 140 Å². The highest BCUT2D eigenvalue weighted by Gasteiger charge is 2.24. The smallest absolute Gasteiger partial charge is 0.124 e. The number of ether oxygens (including phenoxy) is 1. The fraction of sp³-hybridized carbons (Fsp3) is 0.389. The maximum absolute atomic E-state index is 9.96. The average molecular weight is 328 g/mol. The molecule has 1 heterocycles. The van der Waals surface area contributed by atoms with Gasteiger partial charge in [0.1, 0.15) is 17.9 Å². The van der Waals surface area contributed by atoms with E-state index in [1.807, 2.05) is 35.7 Å². The molecule has 2 atom stereocenters. The van der Waals surface area contributed by atoms with Crippen molar-refractivity contribution in [1.82, 2.24) is 0 Å². The first-order valence-corrected chi connectivity index (χ1v) is 8.79. The van der Waals surface area contributed by atoms with E-state index in [1.165, 1.54) is 0 Å². The summed E-state index contributed by atoms with van der Waals surface area (Å²) in [5, 5.41) is 24.0. The molecule has 3 rings (SSSR count). The molecule has 2 N–H and O–H groups in total. The van der Waals surface area contributed by atoms with Crippen molar-refractivity contribution in [2.45, 2.75) is 44.4 Å². The topological polar surface area (TPSA) is 65.3 Å². The fourth-order valence-corrected chi connectivity index (χ4v) is 3.51. The second-order valence-electron chi connectivity index (χ2n) is 5.80. The van der Waals surface area contributed by atoms with Crippen molar-refractivity contribution in [3.05, 3.63) is 46.2 Å². The van der Waals surface area contributed by atoms with Crippen LogP contribution in [0.15, 0.2) is 35.7 Å². The van der Waals surface area contributed by atoms with Gasteiger partial charge < -0.3 is 15.2 Å². The first-order chi connectivity index (χ1) is 11.2. The number of aliphatic hydroxyl groups is 1. The SMILES string of the molecule is N#Cc1csc(CNc2ccc(OC3CCCCC3O)cc2)c1. The van der Waals surface area contributed by atoms with Gasteiger partial charge in [-0.3, -0.25) is 0 Å². The van der Waals surface area contributed by atoms with Gasteiger partial charge in [0.05, 0.1) is 11.7 Å². The fourth-order valence-electron chi connectivity index (χ4n) is 2.76. The lowest BCUT2D eigenvalue weighted by molar-refractivity contribution is 0.00688. The molecule has 2 unspecified atom stereocenters. The molecule has 0 spiro atoms. The van der Waals surface area contributed by atoms with Crippen molar-refractivity contribution in [3.63, 3.8) is 0 Å². The monoisotopic (exact) mass is 328 g/mol. The number of nitrogens with zero attached hydrogens (tertiary/aromatic N) is 1.